The molecular weight excluding hydrogens is 498 g/mol. The summed E-state index contributed by atoms with van der Waals surface area (Å²) in [5.74, 6) is 0.699. The van der Waals surface area contributed by atoms with Gasteiger partial charge in [-0.05, 0) is 24.6 Å². The first-order valence-corrected chi connectivity index (χ1v) is 13.8. The Bertz CT molecular complexity index is 1900. The number of pyridine rings is 1. The monoisotopic (exact) mass is 525 g/mol. The molecule has 2 heterocycles. The number of hydrogen-bond donors (Lipinski definition) is 0. The summed E-state index contributed by atoms with van der Waals surface area (Å²) in [5.41, 5.74) is 11.4. The average Bonchev–Trinajstić information content (AvgIpc) is 3.05. The Kier molecular flexibility index (Phi) is 6.38. The second kappa shape index (κ2) is 10.6. The topological polar surface area (TPSA) is 38.7 Å². The first kappa shape index (κ1) is 24.6. The molecule has 7 rings (SSSR count). The Labute approximate surface area is 239 Å². The number of rotatable bonds is 5. The average molecular weight is 526 g/mol. The molecule has 0 unspecified atom stereocenters. The van der Waals surface area contributed by atoms with Crippen molar-refractivity contribution in [3.05, 3.63) is 151 Å². The van der Waals surface area contributed by atoms with E-state index in [4.69, 9.17) is 15.0 Å². The molecular formula is C38H27N3. The highest BCUT2D eigenvalue weighted by Gasteiger charge is 2.12. The van der Waals surface area contributed by atoms with E-state index in [-0.39, 0.29) is 0 Å². The van der Waals surface area contributed by atoms with Crippen LogP contribution in [0.1, 0.15) is 5.56 Å². The summed E-state index contributed by atoms with van der Waals surface area (Å²) >= 11 is 0. The molecule has 0 N–H and O–H groups in total. The predicted octanol–water partition coefficient (Wildman–Crippen LogP) is 9.67. The first-order chi connectivity index (χ1) is 20.2. The molecule has 0 bridgehead atoms. The van der Waals surface area contributed by atoms with Crippen LogP contribution >= 0.6 is 0 Å². The summed E-state index contributed by atoms with van der Waals surface area (Å²) in [6.45, 7) is 2.11. The van der Waals surface area contributed by atoms with Crippen molar-refractivity contribution in [3.8, 4) is 56.3 Å². The highest BCUT2D eigenvalue weighted by Crippen LogP contribution is 2.32. The molecule has 0 aliphatic heterocycles. The third-order valence-corrected chi connectivity index (χ3v) is 7.39. The van der Waals surface area contributed by atoms with E-state index < -0.39 is 0 Å². The number of fused-ring (bicyclic) bond motifs is 1. The Morgan fingerprint density at radius 3 is 1.59 bits per heavy atom. The van der Waals surface area contributed by atoms with Crippen LogP contribution in [0.5, 0.6) is 0 Å². The Balaban J connectivity index is 1.28. The summed E-state index contributed by atoms with van der Waals surface area (Å²) in [7, 11) is 0. The van der Waals surface area contributed by atoms with Gasteiger partial charge in [-0.3, -0.25) is 0 Å². The standard InChI is InChI=1S/C38H27N3/c1-26-15-17-27(18-16-26)33-14-8-13-31-23-24-34(39-37(31)33)30-19-21-32(22-20-30)38-40-35(28-9-4-2-5-10-28)25-36(41-38)29-11-6-3-7-12-29/h2-25H,1H3. The fourth-order valence-electron chi connectivity index (χ4n) is 5.15. The van der Waals surface area contributed by atoms with Crippen LogP contribution in [-0.4, -0.2) is 15.0 Å². The number of para-hydroxylation sites is 1. The minimum absolute atomic E-state index is 0.699. The van der Waals surface area contributed by atoms with Gasteiger partial charge in [0.25, 0.3) is 0 Å². The minimum atomic E-state index is 0.699. The zero-order valence-electron chi connectivity index (χ0n) is 22.7. The van der Waals surface area contributed by atoms with Gasteiger partial charge in [-0.1, -0.05) is 139 Å². The van der Waals surface area contributed by atoms with Crippen LogP contribution in [0.3, 0.4) is 0 Å². The molecule has 0 saturated carbocycles. The SMILES string of the molecule is Cc1ccc(-c2cccc3ccc(-c4ccc(-c5nc(-c6ccccc6)cc(-c6ccccc6)n5)cc4)nc23)cc1. The van der Waals surface area contributed by atoms with Gasteiger partial charge >= 0.3 is 0 Å². The molecule has 0 radical (unpaired) electrons. The first-order valence-electron chi connectivity index (χ1n) is 13.8. The van der Waals surface area contributed by atoms with Crippen LogP contribution in [0.2, 0.25) is 0 Å². The number of nitrogens with zero attached hydrogens (tertiary/aromatic N) is 3. The van der Waals surface area contributed by atoms with Gasteiger partial charge in [-0.15, -0.1) is 0 Å². The number of aryl methyl sites for hydroxylation is 1. The van der Waals surface area contributed by atoms with Gasteiger partial charge in [0, 0.05) is 33.2 Å². The van der Waals surface area contributed by atoms with E-state index in [0.29, 0.717) is 5.82 Å². The Morgan fingerprint density at radius 2 is 0.951 bits per heavy atom. The lowest BCUT2D eigenvalue weighted by Gasteiger charge is -2.11. The third kappa shape index (κ3) is 5.02. The molecule has 0 amide bonds. The van der Waals surface area contributed by atoms with Gasteiger partial charge in [-0.25, -0.2) is 15.0 Å². The number of aromatic nitrogens is 3. The molecule has 0 saturated heterocycles. The second-order valence-corrected chi connectivity index (χ2v) is 10.2. The van der Waals surface area contributed by atoms with Crippen molar-refractivity contribution in [1.82, 2.24) is 15.0 Å². The van der Waals surface area contributed by atoms with Crippen molar-refractivity contribution in [2.75, 3.05) is 0 Å². The van der Waals surface area contributed by atoms with Gasteiger partial charge in [0.2, 0.25) is 0 Å². The maximum Gasteiger partial charge on any atom is 0.160 e. The normalized spacial score (nSPS) is 11.0. The maximum atomic E-state index is 5.12. The van der Waals surface area contributed by atoms with Crippen LogP contribution in [0, 0.1) is 6.92 Å². The zero-order chi connectivity index (χ0) is 27.6. The molecule has 5 aromatic carbocycles. The molecule has 0 aliphatic carbocycles. The quantitative estimate of drug-likeness (QED) is 0.224. The van der Waals surface area contributed by atoms with E-state index in [1.54, 1.807) is 0 Å². The Morgan fingerprint density at radius 1 is 0.390 bits per heavy atom. The van der Waals surface area contributed by atoms with Crippen molar-refractivity contribution in [2.24, 2.45) is 0 Å². The summed E-state index contributed by atoms with van der Waals surface area (Å²) in [6, 6.07) is 50.2. The van der Waals surface area contributed by atoms with E-state index in [2.05, 4.69) is 116 Å². The van der Waals surface area contributed by atoms with Crippen molar-refractivity contribution in [2.45, 2.75) is 6.92 Å². The minimum Gasteiger partial charge on any atom is -0.247 e. The largest absolute Gasteiger partial charge is 0.247 e. The lowest BCUT2D eigenvalue weighted by molar-refractivity contribution is 1.18. The highest BCUT2D eigenvalue weighted by molar-refractivity contribution is 5.95. The summed E-state index contributed by atoms with van der Waals surface area (Å²) < 4.78 is 0. The van der Waals surface area contributed by atoms with Gasteiger partial charge in [0.05, 0.1) is 22.6 Å². The van der Waals surface area contributed by atoms with Gasteiger partial charge in [0.1, 0.15) is 0 Å². The summed E-state index contributed by atoms with van der Waals surface area (Å²) in [6.07, 6.45) is 0. The van der Waals surface area contributed by atoms with Gasteiger partial charge in [-0.2, -0.15) is 0 Å². The van der Waals surface area contributed by atoms with Crippen LogP contribution in [0.25, 0.3) is 67.2 Å². The van der Waals surface area contributed by atoms with Crippen LogP contribution in [0.15, 0.2) is 146 Å². The highest BCUT2D eigenvalue weighted by atomic mass is 14.9. The Hall–Kier alpha value is -5.41. The number of benzene rings is 5. The van der Waals surface area contributed by atoms with E-state index >= 15 is 0 Å². The predicted molar refractivity (Wildman–Crippen MR) is 169 cm³/mol. The van der Waals surface area contributed by atoms with E-state index in [1.807, 2.05) is 36.4 Å². The second-order valence-electron chi connectivity index (χ2n) is 10.2. The van der Waals surface area contributed by atoms with E-state index in [0.717, 1.165) is 55.8 Å². The lowest BCUT2D eigenvalue weighted by atomic mass is 10.00. The van der Waals surface area contributed by atoms with Gasteiger partial charge in [0.15, 0.2) is 5.82 Å². The molecule has 3 nitrogen and oxygen atoms in total. The van der Waals surface area contributed by atoms with Gasteiger partial charge < -0.3 is 0 Å². The molecule has 2 aromatic heterocycles. The maximum absolute atomic E-state index is 5.12. The molecule has 0 spiro atoms. The summed E-state index contributed by atoms with van der Waals surface area (Å²) in [5, 5.41) is 1.13. The molecule has 0 fully saturated rings. The van der Waals surface area contributed by atoms with Crippen molar-refractivity contribution < 1.29 is 0 Å². The molecule has 41 heavy (non-hydrogen) atoms. The third-order valence-electron chi connectivity index (χ3n) is 7.39. The van der Waals surface area contributed by atoms with Crippen LogP contribution < -0.4 is 0 Å². The molecule has 0 aliphatic rings. The lowest BCUT2D eigenvalue weighted by Crippen LogP contribution is -1.96. The van der Waals surface area contributed by atoms with Crippen molar-refractivity contribution in [3.63, 3.8) is 0 Å². The molecule has 0 atom stereocenters. The van der Waals surface area contributed by atoms with Crippen LogP contribution in [-0.2, 0) is 0 Å². The molecule has 3 heteroatoms. The fourth-order valence-corrected chi connectivity index (χ4v) is 5.15. The zero-order valence-corrected chi connectivity index (χ0v) is 22.7. The van der Waals surface area contributed by atoms with E-state index in [9.17, 15) is 0 Å². The number of hydrogen-bond acceptors (Lipinski definition) is 3. The molecule has 7 aromatic rings. The van der Waals surface area contributed by atoms with Crippen LogP contribution in [0.4, 0.5) is 0 Å². The van der Waals surface area contributed by atoms with E-state index in [1.165, 1.54) is 11.1 Å². The smallest absolute Gasteiger partial charge is 0.160 e. The van der Waals surface area contributed by atoms with Crippen molar-refractivity contribution >= 4 is 10.9 Å². The van der Waals surface area contributed by atoms with Crippen molar-refractivity contribution in [1.29, 1.82) is 0 Å². The fraction of sp³-hybridized carbons (Fsp3) is 0.0263. The molecule has 194 valence electrons. The summed E-state index contributed by atoms with van der Waals surface area (Å²) in [4.78, 5) is 15.1.